The summed E-state index contributed by atoms with van der Waals surface area (Å²) in [6.45, 7) is 1.73. The largest absolute Gasteiger partial charge is 0.316 e. The maximum Gasteiger partial charge on any atom is 0.162 e. The van der Waals surface area contributed by atoms with Crippen LogP contribution in [0.3, 0.4) is 0 Å². The number of halogens is 2. The number of nitrogens with one attached hydrogen (secondary N) is 1. The molecule has 1 aliphatic carbocycles. The average molecular weight is 211 g/mol. The number of hydrogen-bond donors (Lipinski definition) is 1. The maximum absolute atomic E-state index is 13.2. The van der Waals surface area contributed by atoms with E-state index < -0.39 is 11.6 Å². The van der Waals surface area contributed by atoms with Gasteiger partial charge in [-0.3, -0.25) is 0 Å². The van der Waals surface area contributed by atoms with E-state index in [1.165, 1.54) is 12.8 Å². The molecule has 0 spiro atoms. The van der Waals surface area contributed by atoms with Crippen LogP contribution >= 0.6 is 0 Å². The summed E-state index contributed by atoms with van der Waals surface area (Å²) < 4.78 is 26.0. The molecule has 3 heteroatoms. The third-order valence-corrected chi connectivity index (χ3v) is 2.73. The molecule has 15 heavy (non-hydrogen) atoms. The average Bonchev–Trinajstić information content (AvgIpc) is 3.02. The Morgan fingerprint density at radius 3 is 2.80 bits per heavy atom. The Labute approximate surface area is 88.5 Å². The molecule has 1 N–H and O–H groups in total. The Morgan fingerprint density at radius 2 is 2.07 bits per heavy atom. The minimum Gasteiger partial charge on any atom is -0.316 e. The molecule has 0 aliphatic heterocycles. The van der Waals surface area contributed by atoms with Gasteiger partial charge in [-0.15, -0.1) is 0 Å². The Balaban J connectivity index is 1.78. The summed E-state index contributed by atoms with van der Waals surface area (Å²) in [6.07, 6.45) is 3.17. The normalized spacial score (nSPS) is 15.6. The fourth-order valence-corrected chi connectivity index (χ4v) is 1.59. The summed E-state index contributed by atoms with van der Waals surface area (Å²) in [4.78, 5) is 0. The molecule has 0 amide bonds. The minimum atomic E-state index is -0.755. The van der Waals surface area contributed by atoms with E-state index in [1.807, 2.05) is 0 Å². The lowest BCUT2D eigenvalue weighted by Crippen LogP contribution is -2.20. The van der Waals surface area contributed by atoms with Gasteiger partial charge in [-0.1, -0.05) is 12.1 Å². The fraction of sp³-hybridized carbons (Fsp3) is 0.500. The first kappa shape index (κ1) is 10.6. The van der Waals surface area contributed by atoms with Crippen molar-refractivity contribution in [2.24, 2.45) is 5.92 Å². The molecule has 1 nitrogen and oxygen atoms in total. The molecule has 0 atom stereocenters. The van der Waals surface area contributed by atoms with Gasteiger partial charge in [0.2, 0.25) is 0 Å². The van der Waals surface area contributed by atoms with E-state index in [9.17, 15) is 8.78 Å². The van der Waals surface area contributed by atoms with E-state index in [1.54, 1.807) is 12.1 Å². The van der Waals surface area contributed by atoms with E-state index in [0.717, 1.165) is 25.1 Å². The molecule has 1 aliphatic rings. The zero-order chi connectivity index (χ0) is 10.7. The van der Waals surface area contributed by atoms with Crippen LogP contribution in [0.15, 0.2) is 18.2 Å². The lowest BCUT2D eigenvalue weighted by molar-refractivity contribution is 0.496. The fourth-order valence-electron chi connectivity index (χ4n) is 1.59. The molecule has 2 rings (SSSR count). The van der Waals surface area contributed by atoms with Crippen LogP contribution < -0.4 is 5.32 Å². The highest BCUT2D eigenvalue weighted by Crippen LogP contribution is 2.27. The molecule has 82 valence electrons. The van der Waals surface area contributed by atoms with Gasteiger partial charge in [0.25, 0.3) is 0 Å². The number of rotatable bonds is 5. The zero-order valence-corrected chi connectivity index (χ0v) is 8.60. The van der Waals surface area contributed by atoms with Gasteiger partial charge in [-0.05, 0) is 49.9 Å². The van der Waals surface area contributed by atoms with Gasteiger partial charge in [0, 0.05) is 0 Å². The first-order valence-corrected chi connectivity index (χ1v) is 5.41. The van der Waals surface area contributed by atoms with Gasteiger partial charge in [0.05, 0.1) is 0 Å². The Morgan fingerprint density at radius 1 is 1.27 bits per heavy atom. The third kappa shape index (κ3) is 2.99. The van der Waals surface area contributed by atoms with Crippen LogP contribution in [-0.4, -0.2) is 13.1 Å². The first-order valence-electron chi connectivity index (χ1n) is 5.41. The molecule has 0 unspecified atom stereocenters. The summed E-state index contributed by atoms with van der Waals surface area (Å²) in [5, 5.41) is 3.25. The smallest absolute Gasteiger partial charge is 0.162 e. The van der Waals surface area contributed by atoms with Crippen LogP contribution in [0.2, 0.25) is 0 Å². The van der Waals surface area contributed by atoms with Crippen LogP contribution in [0.25, 0.3) is 0 Å². The summed E-state index contributed by atoms with van der Waals surface area (Å²) in [5.74, 6) is -0.636. The number of benzene rings is 1. The van der Waals surface area contributed by atoms with Gasteiger partial charge >= 0.3 is 0 Å². The highest BCUT2D eigenvalue weighted by molar-refractivity contribution is 5.19. The van der Waals surface area contributed by atoms with Crippen molar-refractivity contribution in [1.82, 2.24) is 5.32 Å². The molecule has 0 radical (unpaired) electrons. The van der Waals surface area contributed by atoms with Crippen molar-refractivity contribution in [3.05, 3.63) is 35.4 Å². The molecule has 1 aromatic carbocycles. The van der Waals surface area contributed by atoms with Crippen molar-refractivity contribution in [3.8, 4) is 0 Å². The molecule has 0 aromatic heterocycles. The van der Waals surface area contributed by atoms with Gasteiger partial charge in [-0.2, -0.15) is 0 Å². The lowest BCUT2D eigenvalue weighted by Gasteiger charge is -2.05. The van der Waals surface area contributed by atoms with Gasteiger partial charge in [-0.25, -0.2) is 8.78 Å². The highest BCUT2D eigenvalue weighted by Gasteiger charge is 2.20. The molecule has 0 saturated heterocycles. The van der Waals surface area contributed by atoms with Crippen LogP contribution in [0, 0.1) is 17.6 Å². The van der Waals surface area contributed by atoms with E-state index in [0.29, 0.717) is 12.0 Å². The first-order chi connectivity index (χ1) is 7.27. The van der Waals surface area contributed by atoms with E-state index in [-0.39, 0.29) is 0 Å². The monoisotopic (exact) mass is 211 g/mol. The minimum absolute atomic E-state index is 0.457. The lowest BCUT2D eigenvalue weighted by atomic mass is 10.1. The zero-order valence-electron chi connectivity index (χ0n) is 8.60. The van der Waals surface area contributed by atoms with Crippen molar-refractivity contribution in [1.29, 1.82) is 0 Å². The maximum atomic E-state index is 13.2. The van der Waals surface area contributed by atoms with Crippen LogP contribution in [0.1, 0.15) is 18.4 Å². The molecular weight excluding hydrogens is 196 g/mol. The van der Waals surface area contributed by atoms with Crippen molar-refractivity contribution in [3.63, 3.8) is 0 Å². The highest BCUT2D eigenvalue weighted by atomic mass is 19.2. The predicted molar refractivity (Wildman–Crippen MR) is 55.7 cm³/mol. The van der Waals surface area contributed by atoms with Crippen LogP contribution in [-0.2, 0) is 6.42 Å². The third-order valence-electron chi connectivity index (χ3n) is 2.73. The van der Waals surface area contributed by atoms with Gasteiger partial charge in [0.1, 0.15) is 0 Å². The summed E-state index contributed by atoms with van der Waals surface area (Å²) >= 11 is 0. The van der Waals surface area contributed by atoms with Gasteiger partial charge in [0.15, 0.2) is 11.6 Å². The SMILES string of the molecule is Fc1cccc(CCNCC2CC2)c1F. The molecular formula is C12H15F2N. The summed E-state index contributed by atoms with van der Waals surface area (Å²) in [6, 6.07) is 4.34. The van der Waals surface area contributed by atoms with Crippen LogP contribution in [0.5, 0.6) is 0 Å². The second-order valence-electron chi connectivity index (χ2n) is 4.11. The van der Waals surface area contributed by atoms with Crippen molar-refractivity contribution >= 4 is 0 Å². The number of hydrogen-bond acceptors (Lipinski definition) is 1. The van der Waals surface area contributed by atoms with Crippen molar-refractivity contribution in [2.45, 2.75) is 19.3 Å². The van der Waals surface area contributed by atoms with E-state index in [4.69, 9.17) is 0 Å². The summed E-state index contributed by atoms with van der Waals surface area (Å²) in [5.41, 5.74) is 0.457. The predicted octanol–water partition coefficient (Wildman–Crippen LogP) is 2.51. The molecule has 1 aromatic rings. The quantitative estimate of drug-likeness (QED) is 0.738. The molecule has 1 fully saturated rings. The topological polar surface area (TPSA) is 12.0 Å². The standard InChI is InChI=1S/C12H15F2N/c13-11-3-1-2-10(12(11)14)6-7-15-8-9-4-5-9/h1-3,9,15H,4-8H2. The second-order valence-corrected chi connectivity index (χ2v) is 4.11. The molecule has 1 saturated carbocycles. The van der Waals surface area contributed by atoms with Crippen LogP contribution in [0.4, 0.5) is 8.78 Å². The Kier molecular flexibility index (Phi) is 3.31. The molecule has 0 bridgehead atoms. The Hall–Kier alpha value is -0.960. The Bertz CT molecular complexity index is 334. The molecule has 0 heterocycles. The second kappa shape index (κ2) is 4.71. The van der Waals surface area contributed by atoms with E-state index >= 15 is 0 Å². The van der Waals surface area contributed by atoms with Crippen molar-refractivity contribution in [2.75, 3.05) is 13.1 Å². The van der Waals surface area contributed by atoms with Crippen molar-refractivity contribution < 1.29 is 8.78 Å². The van der Waals surface area contributed by atoms with E-state index in [2.05, 4.69) is 5.32 Å². The summed E-state index contributed by atoms with van der Waals surface area (Å²) in [7, 11) is 0. The van der Waals surface area contributed by atoms with Gasteiger partial charge < -0.3 is 5.32 Å².